The predicted octanol–water partition coefficient (Wildman–Crippen LogP) is 10.6. The van der Waals surface area contributed by atoms with Crippen molar-refractivity contribution in [3.8, 4) is 34.6 Å². The molecule has 252 valence electrons. The molecular weight excluding hydrogens is 683 g/mol. The Kier molecular flexibility index (Phi) is 7.46. The van der Waals surface area contributed by atoms with Gasteiger partial charge in [-0.2, -0.15) is 60.0 Å². The number of rotatable bonds is 2. The first-order chi connectivity index (χ1) is 24.0. The maximum atomic E-state index is 13.6. The van der Waals surface area contributed by atoms with Gasteiger partial charge < -0.3 is 0 Å². The molecule has 0 aromatic heterocycles. The molecule has 13 heteroatoms. The molecule has 0 unspecified atom stereocenters. The minimum absolute atomic E-state index is 0.0192. The molecule has 0 bridgehead atoms. The zero-order valence-corrected chi connectivity index (χ0v) is 25.8. The first kappa shape index (κ1) is 33.3. The highest BCUT2D eigenvalue weighted by Gasteiger charge is 2.37. The first-order valence-electron chi connectivity index (χ1n) is 14.9. The summed E-state index contributed by atoms with van der Waals surface area (Å²) in [7, 11) is 0. The molecule has 0 atom stereocenters. The van der Waals surface area contributed by atoms with Crippen LogP contribution in [0.1, 0.15) is 22.3 Å². The second kappa shape index (κ2) is 11.4. The highest BCUT2D eigenvalue weighted by molar-refractivity contribution is 6.21. The summed E-state index contributed by atoms with van der Waals surface area (Å²) in [4.78, 5) is 7.98. The number of nitriles is 2. The van der Waals surface area contributed by atoms with E-state index in [1.54, 1.807) is 55.7 Å². The van der Waals surface area contributed by atoms with Gasteiger partial charge >= 0.3 is 18.5 Å². The molecule has 0 radical (unpaired) electrons. The molecule has 51 heavy (non-hydrogen) atoms. The Morgan fingerprint density at radius 2 is 0.784 bits per heavy atom. The topological polar surface area (TPSA) is 72.3 Å². The monoisotopic (exact) mass is 700 g/mol. The van der Waals surface area contributed by atoms with E-state index in [4.69, 9.17) is 0 Å². The Morgan fingerprint density at radius 1 is 0.412 bits per heavy atom. The van der Waals surface area contributed by atoms with E-state index in [1.165, 1.54) is 18.2 Å². The SMILES string of the molecule is Cc1cc(-c2ccc3c(c2)/c(=N\C#N)c2cc4/c(=N\C#N)c5cc(-c6cc(C(F)(F)F)cc(C(F)(F)F)c6)ccc5c4cc23)cc(C(F)(F)F)c1. The second-order valence-corrected chi connectivity index (χ2v) is 12.0. The van der Waals surface area contributed by atoms with E-state index in [9.17, 15) is 50.0 Å². The number of hydrogen-bond donors (Lipinski definition) is 0. The van der Waals surface area contributed by atoms with Gasteiger partial charge in [0.1, 0.15) is 0 Å². The number of alkyl halides is 9. The largest absolute Gasteiger partial charge is 0.416 e. The fourth-order valence-corrected chi connectivity index (χ4v) is 6.61. The third kappa shape index (κ3) is 5.70. The molecule has 7 rings (SSSR count). The summed E-state index contributed by atoms with van der Waals surface area (Å²) in [6.07, 6.45) is -11.2. The van der Waals surface area contributed by atoms with Crippen LogP contribution in [0.2, 0.25) is 0 Å². The lowest BCUT2D eigenvalue weighted by Crippen LogP contribution is -2.11. The molecule has 7 aromatic carbocycles. The molecule has 0 aliphatic carbocycles. The predicted molar refractivity (Wildman–Crippen MR) is 172 cm³/mol. The van der Waals surface area contributed by atoms with Crippen LogP contribution in [0.25, 0.3) is 65.3 Å². The Balaban J connectivity index is 1.48. The summed E-state index contributed by atoms with van der Waals surface area (Å²) in [6, 6.07) is 17.6. The maximum absolute atomic E-state index is 13.6. The number of nitrogens with zero attached hydrogens (tertiary/aromatic N) is 4. The molecule has 4 nitrogen and oxygen atoms in total. The summed E-state index contributed by atoms with van der Waals surface area (Å²) in [6.45, 7) is 1.55. The van der Waals surface area contributed by atoms with E-state index >= 15 is 0 Å². The summed E-state index contributed by atoms with van der Waals surface area (Å²) in [5.41, 5.74) is -2.96. The molecule has 0 fully saturated rings. The summed E-state index contributed by atoms with van der Waals surface area (Å²) in [5.74, 6) is 0. The molecule has 0 aliphatic heterocycles. The van der Waals surface area contributed by atoms with Gasteiger partial charge in [-0.05, 0) is 111 Å². The van der Waals surface area contributed by atoms with Crippen molar-refractivity contribution in [3.05, 3.63) is 118 Å². The van der Waals surface area contributed by atoms with Gasteiger partial charge in [0.25, 0.3) is 0 Å². The van der Waals surface area contributed by atoms with E-state index in [1.807, 2.05) is 0 Å². The van der Waals surface area contributed by atoms with Crippen LogP contribution in [0.3, 0.4) is 0 Å². The normalized spacial score (nSPS) is 13.5. The fourth-order valence-electron chi connectivity index (χ4n) is 6.61. The van der Waals surface area contributed by atoms with Gasteiger partial charge in [0.15, 0.2) is 0 Å². The van der Waals surface area contributed by atoms with E-state index in [0.29, 0.717) is 66.5 Å². The van der Waals surface area contributed by atoms with Crippen LogP contribution in [-0.2, 0) is 18.5 Å². The minimum Gasteiger partial charge on any atom is -0.172 e. The van der Waals surface area contributed by atoms with E-state index in [-0.39, 0.29) is 33.3 Å². The second-order valence-electron chi connectivity index (χ2n) is 12.0. The summed E-state index contributed by atoms with van der Waals surface area (Å²) < 4.78 is 122. The van der Waals surface area contributed by atoms with Crippen molar-refractivity contribution < 1.29 is 39.5 Å². The molecule has 0 heterocycles. The number of aryl methyl sites for hydroxylation is 1. The molecule has 0 saturated heterocycles. The fraction of sp³-hybridized carbons (Fsp3) is 0.105. The van der Waals surface area contributed by atoms with Gasteiger partial charge in [0.2, 0.25) is 12.4 Å². The smallest absolute Gasteiger partial charge is 0.172 e. The average molecular weight is 701 g/mol. The lowest BCUT2D eigenvalue weighted by atomic mass is 9.97. The van der Waals surface area contributed by atoms with Crippen molar-refractivity contribution in [1.29, 1.82) is 10.5 Å². The molecular formula is C38H17F9N4. The van der Waals surface area contributed by atoms with Crippen LogP contribution in [0, 0.1) is 29.8 Å². The number of fused-ring (bicyclic) bond motifs is 6. The zero-order valence-electron chi connectivity index (χ0n) is 25.8. The standard InChI is InChI=1S/C38H17F9N4/c1-18-6-21(8-23(7-18)36(39,40)41)19-2-4-26-28-14-29-27-5-3-20(22-9-24(37(42,43)44)13-25(10-22)38(45,46)47)12-31(27)35(51-17-49)33(29)15-32(28)34(50-16-48)30(26)11-19/h2-15H,1H3/b50-34+,51-35-. The summed E-state index contributed by atoms with van der Waals surface area (Å²) in [5, 5.41) is 23.4. The van der Waals surface area contributed by atoms with Crippen molar-refractivity contribution in [2.45, 2.75) is 25.5 Å². The van der Waals surface area contributed by atoms with Crippen LogP contribution in [0.15, 0.2) is 94.9 Å². The molecule has 7 aromatic rings. The molecule has 0 spiro atoms. The van der Waals surface area contributed by atoms with Gasteiger partial charge in [0, 0.05) is 21.5 Å². The lowest BCUT2D eigenvalue weighted by molar-refractivity contribution is -0.143. The average Bonchev–Trinajstić information content (AvgIpc) is 3.53. The van der Waals surface area contributed by atoms with Crippen LogP contribution < -0.4 is 10.7 Å². The minimum atomic E-state index is -5.05. The zero-order chi connectivity index (χ0) is 36.6. The van der Waals surface area contributed by atoms with Crippen LogP contribution in [0.4, 0.5) is 39.5 Å². The molecule has 0 amide bonds. The third-order valence-electron chi connectivity index (χ3n) is 8.78. The van der Waals surface area contributed by atoms with Gasteiger partial charge in [-0.15, -0.1) is 0 Å². The van der Waals surface area contributed by atoms with Gasteiger partial charge in [-0.3, -0.25) is 0 Å². The first-order valence-corrected chi connectivity index (χ1v) is 14.9. The Hall–Kier alpha value is -6.21. The van der Waals surface area contributed by atoms with Crippen molar-refractivity contribution in [2.75, 3.05) is 0 Å². The van der Waals surface area contributed by atoms with Crippen LogP contribution in [0.5, 0.6) is 0 Å². The quantitative estimate of drug-likeness (QED) is 0.133. The van der Waals surface area contributed by atoms with Crippen molar-refractivity contribution in [2.24, 2.45) is 9.98 Å². The highest BCUT2D eigenvalue weighted by atomic mass is 19.4. The number of hydrogen-bond acceptors (Lipinski definition) is 4. The lowest BCUT2D eigenvalue weighted by Gasteiger charge is -2.14. The highest BCUT2D eigenvalue weighted by Crippen LogP contribution is 2.41. The Bertz CT molecular complexity index is 2770. The van der Waals surface area contributed by atoms with E-state index < -0.39 is 35.2 Å². The molecule has 0 saturated carbocycles. The van der Waals surface area contributed by atoms with Crippen molar-refractivity contribution in [3.63, 3.8) is 0 Å². The van der Waals surface area contributed by atoms with Crippen molar-refractivity contribution >= 4 is 43.1 Å². The van der Waals surface area contributed by atoms with Crippen LogP contribution >= 0.6 is 0 Å². The van der Waals surface area contributed by atoms with Gasteiger partial charge in [-0.1, -0.05) is 30.3 Å². The van der Waals surface area contributed by atoms with Gasteiger partial charge in [-0.25, -0.2) is 0 Å². The molecule has 0 N–H and O–H groups in total. The van der Waals surface area contributed by atoms with Gasteiger partial charge in [0.05, 0.1) is 27.4 Å². The maximum Gasteiger partial charge on any atom is 0.416 e. The third-order valence-corrected chi connectivity index (χ3v) is 8.78. The number of benzene rings is 5. The number of halogens is 9. The van der Waals surface area contributed by atoms with Crippen LogP contribution in [-0.4, -0.2) is 0 Å². The summed E-state index contributed by atoms with van der Waals surface area (Å²) >= 11 is 0. The van der Waals surface area contributed by atoms with E-state index in [2.05, 4.69) is 9.98 Å². The molecule has 0 aliphatic rings. The van der Waals surface area contributed by atoms with E-state index in [0.717, 1.165) is 12.1 Å². The van der Waals surface area contributed by atoms with Crippen molar-refractivity contribution in [1.82, 2.24) is 0 Å². The Labute approximate surface area is 281 Å². The Morgan fingerprint density at radius 3 is 1.20 bits per heavy atom.